The van der Waals surface area contributed by atoms with Crippen LogP contribution in [0, 0.1) is 11.3 Å². The van der Waals surface area contributed by atoms with E-state index in [9.17, 15) is 4.79 Å². The molecule has 0 bridgehead atoms. The number of nitriles is 1. The number of hydrogen-bond donors (Lipinski definition) is 2. The Hall–Kier alpha value is -2.84. The summed E-state index contributed by atoms with van der Waals surface area (Å²) < 4.78 is 5.65. The molecule has 2 aromatic carbocycles. The van der Waals surface area contributed by atoms with Gasteiger partial charge in [0.05, 0.1) is 11.6 Å². The van der Waals surface area contributed by atoms with Crippen LogP contribution in [0.3, 0.4) is 0 Å². The summed E-state index contributed by atoms with van der Waals surface area (Å²) in [5.74, 6) is 0.439. The van der Waals surface area contributed by atoms with Gasteiger partial charge in [-0.25, -0.2) is 0 Å². The monoisotopic (exact) mass is 310 g/mol. The predicted octanol–water partition coefficient (Wildman–Crippen LogP) is 2.25. The van der Waals surface area contributed by atoms with Gasteiger partial charge in [-0.15, -0.1) is 0 Å². The van der Waals surface area contributed by atoms with E-state index in [1.165, 1.54) is 0 Å². The molecule has 5 nitrogen and oxygen atoms in total. The molecule has 0 aliphatic heterocycles. The lowest BCUT2D eigenvalue weighted by Crippen LogP contribution is -2.25. The Morgan fingerprint density at radius 1 is 1.22 bits per heavy atom. The van der Waals surface area contributed by atoms with Crippen LogP contribution in [0.15, 0.2) is 48.5 Å². The number of amides is 1. The first-order valence-corrected chi connectivity index (χ1v) is 7.34. The van der Waals surface area contributed by atoms with Crippen LogP contribution in [0.2, 0.25) is 0 Å². The summed E-state index contributed by atoms with van der Waals surface area (Å²) in [6.07, 6.45) is 0.532. The van der Waals surface area contributed by atoms with Gasteiger partial charge in [-0.05, 0) is 42.3 Å². The van der Waals surface area contributed by atoms with E-state index >= 15 is 0 Å². The number of benzene rings is 2. The molecule has 0 aromatic heterocycles. The van der Waals surface area contributed by atoms with Crippen molar-refractivity contribution >= 4 is 5.91 Å². The molecule has 2 rings (SSSR count). The molecular weight excluding hydrogens is 292 g/mol. The van der Waals surface area contributed by atoms with E-state index in [0.717, 1.165) is 5.56 Å². The highest BCUT2D eigenvalue weighted by atomic mass is 16.5. The number of ether oxygens (including phenoxy) is 1. The lowest BCUT2D eigenvalue weighted by Gasteiger charge is -2.08. The molecule has 0 fully saturated rings. The van der Waals surface area contributed by atoms with Gasteiger partial charge in [-0.3, -0.25) is 4.79 Å². The molecule has 2 aromatic rings. The minimum atomic E-state index is -0.174. The quantitative estimate of drug-likeness (QED) is 0.768. The standard InChI is InChI=1S/C18H18N2O3/c19-12-14-4-2-7-17(11-14)23-13-15-5-1-6-16(10-15)18(22)20-8-3-9-21/h1-2,4-7,10-11,21H,3,8-9,13H2,(H,20,22). The Kier molecular flexibility index (Phi) is 6.16. The lowest BCUT2D eigenvalue weighted by atomic mass is 10.1. The molecule has 0 aliphatic carbocycles. The van der Waals surface area contributed by atoms with Crippen LogP contribution in [0.25, 0.3) is 0 Å². The highest BCUT2D eigenvalue weighted by Crippen LogP contribution is 2.15. The van der Waals surface area contributed by atoms with Crippen molar-refractivity contribution in [3.05, 3.63) is 65.2 Å². The van der Waals surface area contributed by atoms with E-state index in [1.54, 1.807) is 42.5 Å². The van der Waals surface area contributed by atoms with Gasteiger partial charge in [-0.1, -0.05) is 18.2 Å². The van der Waals surface area contributed by atoms with Gasteiger partial charge in [0.1, 0.15) is 12.4 Å². The Labute approximate surface area is 135 Å². The fraction of sp³-hybridized carbons (Fsp3) is 0.222. The number of carbonyl (C=O) groups excluding carboxylic acids is 1. The fourth-order valence-corrected chi connectivity index (χ4v) is 2.01. The van der Waals surface area contributed by atoms with Crippen molar-refractivity contribution in [1.82, 2.24) is 5.32 Å². The summed E-state index contributed by atoms with van der Waals surface area (Å²) in [5.41, 5.74) is 1.96. The smallest absolute Gasteiger partial charge is 0.251 e. The zero-order valence-corrected chi connectivity index (χ0v) is 12.7. The number of nitrogens with one attached hydrogen (secondary N) is 1. The van der Waals surface area contributed by atoms with E-state index in [1.807, 2.05) is 6.07 Å². The van der Waals surface area contributed by atoms with E-state index in [-0.39, 0.29) is 12.5 Å². The Morgan fingerprint density at radius 2 is 2.04 bits per heavy atom. The van der Waals surface area contributed by atoms with Crippen molar-refractivity contribution < 1.29 is 14.6 Å². The van der Waals surface area contributed by atoms with Crippen molar-refractivity contribution in [2.24, 2.45) is 0 Å². The van der Waals surface area contributed by atoms with Crippen LogP contribution in [0.4, 0.5) is 0 Å². The topological polar surface area (TPSA) is 82.3 Å². The maximum Gasteiger partial charge on any atom is 0.251 e. The molecule has 0 aliphatic rings. The molecule has 0 radical (unpaired) electrons. The lowest BCUT2D eigenvalue weighted by molar-refractivity contribution is 0.0951. The third-order valence-corrected chi connectivity index (χ3v) is 3.18. The molecule has 0 saturated heterocycles. The van der Waals surface area contributed by atoms with Crippen LogP contribution in [-0.4, -0.2) is 24.2 Å². The van der Waals surface area contributed by atoms with Crippen molar-refractivity contribution in [2.45, 2.75) is 13.0 Å². The first-order chi connectivity index (χ1) is 11.2. The van der Waals surface area contributed by atoms with Gasteiger partial charge < -0.3 is 15.2 Å². The summed E-state index contributed by atoms with van der Waals surface area (Å²) in [6, 6.07) is 16.2. The van der Waals surface area contributed by atoms with Crippen molar-refractivity contribution in [3.8, 4) is 11.8 Å². The summed E-state index contributed by atoms with van der Waals surface area (Å²) in [4.78, 5) is 12.0. The molecule has 5 heteroatoms. The molecule has 2 N–H and O–H groups in total. The average molecular weight is 310 g/mol. The Balaban J connectivity index is 1.97. The molecule has 0 atom stereocenters. The Bertz CT molecular complexity index is 707. The molecule has 0 heterocycles. The highest BCUT2D eigenvalue weighted by molar-refractivity contribution is 5.94. The molecular formula is C18H18N2O3. The number of rotatable bonds is 7. The minimum Gasteiger partial charge on any atom is -0.489 e. The van der Waals surface area contributed by atoms with Gasteiger partial charge in [0.25, 0.3) is 5.91 Å². The van der Waals surface area contributed by atoms with E-state index in [2.05, 4.69) is 11.4 Å². The zero-order valence-electron chi connectivity index (χ0n) is 12.7. The summed E-state index contributed by atoms with van der Waals surface area (Å²) in [7, 11) is 0. The summed E-state index contributed by atoms with van der Waals surface area (Å²) >= 11 is 0. The Morgan fingerprint density at radius 3 is 2.83 bits per heavy atom. The number of carbonyl (C=O) groups is 1. The van der Waals surface area contributed by atoms with Gasteiger partial charge in [0.2, 0.25) is 0 Å². The average Bonchev–Trinajstić information content (AvgIpc) is 2.60. The summed E-state index contributed by atoms with van der Waals surface area (Å²) in [6.45, 7) is 0.805. The number of aliphatic hydroxyl groups excluding tert-OH is 1. The maximum absolute atomic E-state index is 12.0. The van der Waals surface area contributed by atoms with E-state index in [4.69, 9.17) is 15.1 Å². The highest BCUT2D eigenvalue weighted by Gasteiger charge is 2.06. The normalized spacial score (nSPS) is 9.91. The largest absolute Gasteiger partial charge is 0.489 e. The third-order valence-electron chi connectivity index (χ3n) is 3.18. The van der Waals surface area contributed by atoms with Gasteiger partial charge >= 0.3 is 0 Å². The van der Waals surface area contributed by atoms with Crippen LogP contribution in [-0.2, 0) is 6.61 Å². The van der Waals surface area contributed by atoms with Crippen LogP contribution >= 0.6 is 0 Å². The van der Waals surface area contributed by atoms with Gasteiger partial charge in [0, 0.05) is 18.7 Å². The number of aliphatic hydroxyl groups is 1. The second kappa shape index (κ2) is 8.57. The number of nitrogens with zero attached hydrogens (tertiary/aromatic N) is 1. The van der Waals surface area contributed by atoms with E-state index < -0.39 is 0 Å². The fourth-order valence-electron chi connectivity index (χ4n) is 2.01. The molecule has 1 amide bonds. The SMILES string of the molecule is N#Cc1cccc(OCc2cccc(C(=O)NCCCO)c2)c1. The molecule has 118 valence electrons. The number of hydrogen-bond acceptors (Lipinski definition) is 4. The van der Waals surface area contributed by atoms with Crippen LogP contribution in [0.1, 0.15) is 27.9 Å². The molecule has 0 unspecified atom stereocenters. The first-order valence-electron chi connectivity index (χ1n) is 7.34. The van der Waals surface area contributed by atoms with Gasteiger partial charge in [0.15, 0.2) is 0 Å². The zero-order chi connectivity index (χ0) is 16.5. The van der Waals surface area contributed by atoms with Gasteiger partial charge in [-0.2, -0.15) is 5.26 Å². The van der Waals surface area contributed by atoms with Crippen molar-refractivity contribution in [3.63, 3.8) is 0 Å². The predicted molar refractivity (Wildman–Crippen MR) is 86.0 cm³/mol. The van der Waals surface area contributed by atoms with Crippen LogP contribution < -0.4 is 10.1 Å². The van der Waals surface area contributed by atoms with Crippen molar-refractivity contribution in [1.29, 1.82) is 5.26 Å². The minimum absolute atomic E-state index is 0.0515. The second-order valence-corrected chi connectivity index (χ2v) is 4.96. The third kappa shape index (κ3) is 5.13. The molecule has 0 saturated carbocycles. The summed E-state index contributed by atoms with van der Waals surface area (Å²) in [5, 5.41) is 20.3. The molecule has 0 spiro atoms. The van der Waals surface area contributed by atoms with Crippen molar-refractivity contribution in [2.75, 3.05) is 13.2 Å². The van der Waals surface area contributed by atoms with Crippen LogP contribution in [0.5, 0.6) is 5.75 Å². The molecule has 23 heavy (non-hydrogen) atoms. The van der Waals surface area contributed by atoms with E-state index in [0.29, 0.717) is 36.4 Å². The maximum atomic E-state index is 12.0. The second-order valence-electron chi connectivity index (χ2n) is 4.96. The first kappa shape index (κ1) is 16.5.